The molecule has 11 heteroatoms. The van der Waals surface area contributed by atoms with Gasteiger partial charge in [0.15, 0.2) is 5.67 Å². The lowest BCUT2D eigenvalue weighted by Crippen LogP contribution is -2.43. The summed E-state index contributed by atoms with van der Waals surface area (Å²) in [6.45, 7) is 0.964. The van der Waals surface area contributed by atoms with Crippen molar-refractivity contribution < 1.29 is 27.2 Å². The van der Waals surface area contributed by atoms with Crippen LogP contribution in [0.15, 0.2) is 47.6 Å². The first kappa shape index (κ1) is 24.2. The van der Waals surface area contributed by atoms with Gasteiger partial charge in [-0.05, 0) is 37.5 Å². The van der Waals surface area contributed by atoms with Crippen molar-refractivity contribution in [1.29, 1.82) is 0 Å². The van der Waals surface area contributed by atoms with Crippen LogP contribution in [0.25, 0.3) is 0 Å². The predicted octanol–water partition coefficient (Wildman–Crippen LogP) is 4.02. The number of likely N-dealkylation sites (tertiary alicyclic amines) is 1. The number of rotatable bonds is 6. The third kappa shape index (κ3) is 5.57. The Bertz CT molecular complexity index is 1070. The molecule has 4 rings (SSSR count). The smallest absolute Gasteiger partial charge is 0.373 e. The second-order valence-electron chi connectivity index (χ2n) is 8.46. The summed E-state index contributed by atoms with van der Waals surface area (Å²) in [5, 5.41) is 7.47. The molecular formula is C23H24F4N4O2S. The van der Waals surface area contributed by atoms with Gasteiger partial charge in [-0.25, -0.2) is 9.37 Å². The van der Waals surface area contributed by atoms with Gasteiger partial charge in [0, 0.05) is 48.4 Å². The minimum atomic E-state index is -4.55. The number of benzene rings is 1. The van der Waals surface area contributed by atoms with Gasteiger partial charge in [0.05, 0.1) is 12.1 Å². The zero-order valence-corrected chi connectivity index (χ0v) is 19.0. The second-order valence-corrected chi connectivity index (χ2v) is 9.36. The van der Waals surface area contributed by atoms with Gasteiger partial charge in [0.2, 0.25) is 5.91 Å². The number of nitrogens with one attached hydrogen (secondary N) is 2. The number of carbonyl (C=O) groups excluding carboxylic acids is 2. The number of hydrogen-bond acceptors (Lipinski definition) is 5. The summed E-state index contributed by atoms with van der Waals surface area (Å²) in [5.41, 5.74) is -1.47. The quantitative estimate of drug-likeness (QED) is 0.593. The molecule has 2 heterocycles. The molecule has 1 aromatic carbocycles. The SMILES string of the molecule is O=C(CNC(=O)c1cccc(C(F)(F)F)c1)N[C@@H]1CCN(C2=CCC(F)(c3nccs3)CC2)C1. The standard InChI is InChI=1S/C23H24F4N4O2S/c24-22(21-28-9-11-34-21)7-4-18(5-8-22)31-10-6-17(14-31)30-19(32)13-29-20(33)15-2-1-3-16(12-15)23(25,26)27/h1-4,9,11-12,17H,5-8,10,13-14H2,(H,29,33)(H,30,32)/t17-,22?/m1/s1. The van der Waals surface area contributed by atoms with Crippen molar-refractivity contribution in [3.63, 3.8) is 0 Å². The Labute approximate surface area is 198 Å². The van der Waals surface area contributed by atoms with Crippen LogP contribution in [0.4, 0.5) is 17.6 Å². The molecule has 0 saturated carbocycles. The van der Waals surface area contributed by atoms with Gasteiger partial charge in [-0.1, -0.05) is 12.1 Å². The molecule has 0 radical (unpaired) electrons. The molecule has 182 valence electrons. The Kier molecular flexibility index (Phi) is 6.92. The van der Waals surface area contributed by atoms with E-state index in [2.05, 4.69) is 20.5 Å². The molecule has 1 saturated heterocycles. The third-order valence-electron chi connectivity index (χ3n) is 6.08. The second kappa shape index (κ2) is 9.73. The number of halogens is 4. The zero-order valence-electron chi connectivity index (χ0n) is 18.2. The molecule has 2 aromatic rings. The summed E-state index contributed by atoms with van der Waals surface area (Å²) >= 11 is 1.32. The number of allylic oxidation sites excluding steroid dienone is 2. The van der Waals surface area contributed by atoms with E-state index in [4.69, 9.17) is 0 Å². The molecule has 1 aliphatic heterocycles. The Balaban J connectivity index is 1.24. The molecule has 0 spiro atoms. The normalized spacial score (nSPS) is 22.9. The molecule has 0 bridgehead atoms. The van der Waals surface area contributed by atoms with Crippen LogP contribution >= 0.6 is 11.3 Å². The largest absolute Gasteiger partial charge is 0.416 e. The first-order valence-electron chi connectivity index (χ1n) is 10.9. The fourth-order valence-corrected chi connectivity index (χ4v) is 5.02. The van der Waals surface area contributed by atoms with E-state index < -0.39 is 29.2 Å². The molecule has 1 aliphatic carbocycles. The summed E-state index contributed by atoms with van der Waals surface area (Å²) in [7, 11) is 0. The van der Waals surface area contributed by atoms with Crippen molar-refractivity contribution >= 4 is 23.2 Å². The molecule has 2 N–H and O–H groups in total. The maximum Gasteiger partial charge on any atom is 0.416 e. The molecule has 1 fully saturated rings. The van der Waals surface area contributed by atoms with Crippen LogP contribution in [0, 0.1) is 0 Å². The Hall–Kier alpha value is -2.95. The lowest BCUT2D eigenvalue weighted by atomic mass is 9.89. The average molecular weight is 497 g/mol. The Morgan fingerprint density at radius 2 is 2.12 bits per heavy atom. The van der Waals surface area contributed by atoms with Crippen molar-refractivity contribution in [2.75, 3.05) is 19.6 Å². The summed E-state index contributed by atoms with van der Waals surface area (Å²) in [4.78, 5) is 30.7. The highest BCUT2D eigenvalue weighted by atomic mass is 32.1. The van der Waals surface area contributed by atoms with Crippen LogP contribution < -0.4 is 10.6 Å². The fourth-order valence-electron chi connectivity index (χ4n) is 4.25. The first-order chi connectivity index (χ1) is 16.1. The van der Waals surface area contributed by atoms with Crippen LogP contribution in [0.3, 0.4) is 0 Å². The number of amides is 2. The number of alkyl halides is 4. The van der Waals surface area contributed by atoms with Gasteiger partial charge < -0.3 is 15.5 Å². The van der Waals surface area contributed by atoms with E-state index >= 15 is 4.39 Å². The maximum absolute atomic E-state index is 15.1. The lowest BCUT2D eigenvalue weighted by Gasteiger charge is -2.31. The molecule has 2 aliphatic rings. The first-order valence-corrected chi connectivity index (χ1v) is 11.8. The number of aromatic nitrogens is 1. The van der Waals surface area contributed by atoms with Crippen molar-refractivity contribution in [2.45, 2.75) is 43.6 Å². The van der Waals surface area contributed by atoms with E-state index in [-0.39, 0.29) is 24.6 Å². The van der Waals surface area contributed by atoms with E-state index in [9.17, 15) is 22.8 Å². The highest BCUT2D eigenvalue weighted by Gasteiger charge is 2.38. The summed E-state index contributed by atoms with van der Waals surface area (Å²) < 4.78 is 53.6. The molecule has 6 nitrogen and oxygen atoms in total. The van der Waals surface area contributed by atoms with E-state index in [1.807, 2.05) is 6.08 Å². The molecule has 34 heavy (non-hydrogen) atoms. The number of nitrogens with zero attached hydrogens (tertiary/aromatic N) is 2. The maximum atomic E-state index is 15.1. The van der Waals surface area contributed by atoms with Gasteiger partial charge in [-0.3, -0.25) is 9.59 Å². The number of hydrogen-bond donors (Lipinski definition) is 2. The van der Waals surface area contributed by atoms with Crippen LogP contribution in [-0.4, -0.2) is 47.4 Å². The van der Waals surface area contributed by atoms with Crippen molar-refractivity contribution in [3.8, 4) is 0 Å². The minimum Gasteiger partial charge on any atom is -0.373 e. The third-order valence-corrected chi connectivity index (χ3v) is 7.03. The number of thiazole rings is 1. The lowest BCUT2D eigenvalue weighted by molar-refractivity contribution is -0.137. The van der Waals surface area contributed by atoms with Crippen LogP contribution in [-0.2, 0) is 16.6 Å². The average Bonchev–Trinajstić information content (AvgIpc) is 3.51. The topological polar surface area (TPSA) is 74.3 Å². The highest BCUT2D eigenvalue weighted by molar-refractivity contribution is 7.09. The zero-order chi connectivity index (χ0) is 24.3. The van der Waals surface area contributed by atoms with E-state index in [1.165, 1.54) is 17.4 Å². The summed E-state index contributed by atoms with van der Waals surface area (Å²) in [5.74, 6) is -1.17. The molecule has 2 atom stereocenters. The van der Waals surface area contributed by atoms with Crippen LogP contribution in [0.1, 0.15) is 46.6 Å². The molecular weight excluding hydrogens is 472 g/mol. The number of carbonyl (C=O) groups is 2. The van der Waals surface area contributed by atoms with Crippen molar-refractivity contribution in [3.05, 3.63) is 63.7 Å². The van der Waals surface area contributed by atoms with Crippen molar-refractivity contribution in [1.82, 2.24) is 20.5 Å². The monoisotopic (exact) mass is 496 g/mol. The van der Waals surface area contributed by atoms with Crippen molar-refractivity contribution in [2.24, 2.45) is 0 Å². The van der Waals surface area contributed by atoms with E-state index in [0.717, 1.165) is 30.4 Å². The summed E-state index contributed by atoms with van der Waals surface area (Å²) in [6, 6.07) is 3.91. The molecule has 2 amide bonds. The fraction of sp³-hybridized carbons (Fsp3) is 0.435. The summed E-state index contributed by atoms with van der Waals surface area (Å²) in [6.07, 6.45) is 0.886. The van der Waals surface area contributed by atoms with Crippen LogP contribution in [0.2, 0.25) is 0 Å². The van der Waals surface area contributed by atoms with E-state index in [1.54, 1.807) is 11.6 Å². The molecule has 1 aromatic heterocycles. The van der Waals surface area contributed by atoms with Crippen LogP contribution in [0.5, 0.6) is 0 Å². The van der Waals surface area contributed by atoms with Gasteiger partial charge in [0.1, 0.15) is 5.01 Å². The highest BCUT2D eigenvalue weighted by Crippen LogP contribution is 2.41. The molecule has 1 unspecified atom stereocenters. The Morgan fingerprint density at radius 3 is 2.79 bits per heavy atom. The van der Waals surface area contributed by atoms with Gasteiger partial charge >= 0.3 is 6.18 Å². The predicted molar refractivity (Wildman–Crippen MR) is 119 cm³/mol. The minimum absolute atomic E-state index is 0.130. The van der Waals surface area contributed by atoms with Gasteiger partial charge in [0.25, 0.3) is 5.91 Å². The van der Waals surface area contributed by atoms with Gasteiger partial charge in [-0.15, -0.1) is 11.3 Å². The Morgan fingerprint density at radius 1 is 1.29 bits per heavy atom. The van der Waals surface area contributed by atoms with Gasteiger partial charge in [-0.2, -0.15) is 13.2 Å². The van der Waals surface area contributed by atoms with E-state index in [0.29, 0.717) is 30.8 Å².